The van der Waals surface area contributed by atoms with Crippen molar-refractivity contribution in [3.63, 3.8) is 0 Å². The number of ether oxygens (including phenoxy) is 1. The molecule has 5 nitrogen and oxygen atoms in total. The lowest BCUT2D eigenvalue weighted by molar-refractivity contribution is -0.270. The summed E-state index contributed by atoms with van der Waals surface area (Å²) >= 11 is 0. The third-order valence-corrected chi connectivity index (χ3v) is 1.04. The van der Waals surface area contributed by atoms with Crippen LogP contribution in [0.1, 0.15) is 33.6 Å². The Kier molecular flexibility index (Phi) is 13.1. The van der Waals surface area contributed by atoms with Crippen LogP contribution in [0.15, 0.2) is 0 Å². The van der Waals surface area contributed by atoms with Crippen LogP contribution in [0.2, 0.25) is 0 Å². The molecule has 0 aromatic heterocycles. The van der Waals surface area contributed by atoms with Crippen molar-refractivity contribution in [1.29, 1.82) is 0 Å². The molecule has 0 rings (SSSR count). The van der Waals surface area contributed by atoms with Crippen LogP contribution in [-0.4, -0.2) is 25.7 Å². The molecule has 0 heterocycles. The molecule has 0 aliphatic heterocycles. The Balaban J connectivity index is 0. The summed E-state index contributed by atoms with van der Waals surface area (Å²) in [5.74, 6) is -0.642. The van der Waals surface area contributed by atoms with Crippen molar-refractivity contribution in [3.05, 3.63) is 0 Å². The minimum absolute atomic E-state index is 0.245. The molecule has 84 valence electrons. The van der Waals surface area contributed by atoms with Crippen LogP contribution in [0.25, 0.3) is 0 Å². The van der Waals surface area contributed by atoms with Crippen molar-refractivity contribution in [1.82, 2.24) is 0 Å². The van der Waals surface area contributed by atoms with Crippen molar-refractivity contribution in [2.75, 3.05) is 13.7 Å². The smallest absolute Gasteiger partial charge is 0.339 e. The molecular weight excluding hydrogens is 188 g/mol. The third-order valence-electron chi connectivity index (χ3n) is 1.04. The average molecular weight is 206 g/mol. The van der Waals surface area contributed by atoms with Crippen molar-refractivity contribution < 1.29 is 24.1 Å². The third kappa shape index (κ3) is 22.4. The van der Waals surface area contributed by atoms with Crippen LogP contribution in [-0.2, 0) is 24.1 Å². The summed E-state index contributed by atoms with van der Waals surface area (Å²) < 4.78 is 4.11. The highest BCUT2D eigenvalue weighted by Gasteiger charge is 1.90. The molecule has 0 aliphatic carbocycles. The number of carbonyl (C=O) groups is 2. The van der Waals surface area contributed by atoms with Crippen LogP contribution < -0.4 is 0 Å². The second kappa shape index (κ2) is 11.9. The molecule has 0 saturated carbocycles. The molecule has 0 N–H and O–H groups in total. The van der Waals surface area contributed by atoms with Gasteiger partial charge in [-0.3, -0.25) is 9.68 Å². The van der Waals surface area contributed by atoms with E-state index in [0.29, 0.717) is 6.61 Å². The van der Waals surface area contributed by atoms with Gasteiger partial charge >= 0.3 is 11.9 Å². The van der Waals surface area contributed by atoms with Crippen LogP contribution >= 0.6 is 0 Å². The number of rotatable bonds is 4. The Morgan fingerprint density at radius 2 is 1.64 bits per heavy atom. The fourth-order valence-corrected chi connectivity index (χ4v) is 0.328. The first kappa shape index (κ1) is 15.4. The van der Waals surface area contributed by atoms with Crippen molar-refractivity contribution in [2.24, 2.45) is 0 Å². The highest BCUT2D eigenvalue weighted by Crippen LogP contribution is 1.88. The largest absolute Gasteiger partial charge is 0.469 e. The van der Waals surface area contributed by atoms with Gasteiger partial charge in [-0.25, -0.2) is 4.79 Å². The van der Waals surface area contributed by atoms with Gasteiger partial charge in [-0.15, -0.1) is 0 Å². The van der Waals surface area contributed by atoms with E-state index in [-0.39, 0.29) is 5.97 Å². The molecule has 0 fully saturated rings. The van der Waals surface area contributed by atoms with E-state index in [1.54, 1.807) is 0 Å². The monoisotopic (exact) mass is 206 g/mol. The Labute approximate surface area is 84.3 Å². The van der Waals surface area contributed by atoms with Gasteiger partial charge in [-0.2, -0.15) is 4.89 Å². The van der Waals surface area contributed by atoms with Crippen molar-refractivity contribution in [2.45, 2.75) is 33.6 Å². The SMILES string of the molecule is CCCCOOC(C)=O.COC(C)=O. The second-order valence-electron chi connectivity index (χ2n) is 2.45. The number of hydrogen-bond acceptors (Lipinski definition) is 5. The highest BCUT2D eigenvalue weighted by molar-refractivity contribution is 5.65. The maximum atomic E-state index is 10.1. The first-order chi connectivity index (χ1) is 6.54. The Hall–Kier alpha value is -1.10. The maximum Gasteiger partial charge on any atom is 0.339 e. The summed E-state index contributed by atoms with van der Waals surface area (Å²) in [6.07, 6.45) is 1.97. The number of unbranched alkanes of at least 4 members (excludes halogenated alkanes) is 1. The fraction of sp³-hybridized carbons (Fsp3) is 0.778. The normalized spacial score (nSPS) is 8.29. The molecule has 0 aromatic carbocycles. The zero-order valence-corrected chi connectivity index (χ0v) is 9.16. The summed E-state index contributed by atoms with van der Waals surface area (Å²) in [5, 5.41) is 0. The summed E-state index contributed by atoms with van der Waals surface area (Å²) in [5.41, 5.74) is 0. The zero-order valence-electron chi connectivity index (χ0n) is 9.16. The Bertz CT molecular complexity index is 155. The molecule has 0 bridgehead atoms. The van der Waals surface area contributed by atoms with Gasteiger partial charge < -0.3 is 4.74 Å². The van der Waals surface area contributed by atoms with E-state index in [9.17, 15) is 9.59 Å². The quantitative estimate of drug-likeness (QED) is 0.301. The molecule has 14 heavy (non-hydrogen) atoms. The summed E-state index contributed by atoms with van der Waals surface area (Å²) in [6.45, 7) is 5.21. The minimum atomic E-state index is -0.397. The lowest BCUT2D eigenvalue weighted by atomic mass is 10.4. The molecule has 0 radical (unpaired) electrons. The Morgan fingerprint density at radius 1 is 1.14 bits per heavy atom. The summed E-state index contributed by atoms with van der Waals surface area (Å²) in [7, 11) is 1.35. The van der Waals surface area contributed by atoms with Gasteiger partial charge in [0.15, 0.2) is 0 Å². The maximum absolute atomic E-state index is 10.1. The number of hydrogen-bond donors (Lipinski definition) is 0. The van der Waals surface area contributed by atoms with Crippen LogP contribution in [0.4, 0.5) is 0 Å². The van der Waals surface area contributed by atoms with Crippen molar-refractivity contribution >= 4 is 11.9 Å². The standard InChI is InChI=1S/C6H12O3.C3H6O2/c1-3-4-5-8-9-6(2)7;1-3(4)5-2/h3-5H2,1-2H3;1-2H3. The lowest BCUT2D eigenvalue weighted by Gasteiger charge is -1.97. The molecule has 0 aliphatic rings. The molecule has 0 spiro atoms. The topological polar surface area (TPSA) is 61.8 Å². The molecule has 0 unspecified atom stereocenters. The van der Waals surface area contributed by atoms with Gasteiger partial charge in [-0.05, 0) is 6.42 Å². The molecule has 5 heteroatoms. The van der Waals surface area contributed by atoms with E-state index in [1.165, 1.54) is 21.0 Å². The predicted octanol–water partition coefficient (Wildman–Crippen LogP) is 1.46. The Morgan fingerprint density at radius 3 is 1.93 bits per heavy atom. The first-order valence-electron chi connectivity index (χ1n) is 4.39. The van der Waals surface area contributed by atoms with Crippen LogP contribution in [0.5, 0.6) is 0 Å². The van der Waals surface area contributed by atoms with Crippen molar-refractivity contribution in [3.8, 4) is 0 Å². The zero-order chi connectivity index (χ0) is 11.4. The lowest BCUT2D eigenvalue weighted by Crippen LogP contribution is -2.00. The summed E-state index contributed by atoms with van der Waals surface area (Å²) in [4.78, 5) is 28.3. The van der Waals surface area contributed by atoms with E-state index in [1.807, 2.05) is 6.92 Å². The number of methoxy groups -OCH3 is 1. The predicted molar refractivity (Wildman–Crippen MR) is 50.3 cm³/mol. The molecule has 0 atom stereocenters. The number of esters is 1. The molecular formula is C9H18O5. The van der Waals surface area contributed by atoms with Gasteiger partial charge in [0.25, 0.3) is 0 Å². The molecule has 0 amide bonds. The van der Waals surface area contributed by atoms with E-state index >= 15 is 0 Å². The van der Waals surface area contributed by atoms with E-state index < -0.39 is 5.97 Å². The number of carbonyl (C=O) groups excluding carboxylic acids is 2. The molecule has 0 saturated heterocycles. The average Bonchev–Trinajstić information content (AvgIpc) is 2.13. The molecule has 0 aromatic rings. The van der Waals surface area contributed by atoms with Crippen LogP contribution in [0.3, 0.4) is 0 Å². The highest BCUT2D eigenvalue weighted by atomic mass is 17.2. The minimum Gasteiger partial charge on any atom is -0.469 e. The van der Waals surface area contributed by atoms with Gasteiger partial charge in [0.2, 0.25) is 0 Å². The van der Waals surface area contributed by atoms with E-state index in [0.717, 1.165) is 12.8 Å². The van der Waals surface area contributed by atoms with Gasteiger partial charge in [0.05, 0.1) is 13.7 Å². The fourth-order valence-electron chi connectivity index (χ4n) is 0.328. The van der Waals surface area contributed by atoms with Crippen LogP contribution in [0, 0.1) is 0 Å². The van der Waals surface area contributed by atoms with Gasteiger partial charge in [0.1, 0.15) is 0 Å². The van der Waals surface area contributed by atoms with Gasteiger partial charge in [0, 0.05) is 13.8 Å². The summed E-state index contributed by atoms with van der Waals surface area (Å²) in [6, 6.07) is 0. The van der Waals surface area contributed by atoms with E-state index in [2.05, 4.69) is 14.5 Å². The first-order valence-corrected chi connectivity index (χ1v) is 4.39. The van der Waals surface area contributed by atoms with Gasteiger partial charge in [-0.1, -0.05) is 13.3 Å². The van der Waals surface area contributed by atoms with E-state index in [4.69, 9.17) is 0 Å². The second-order valence-corrected chi connectivity index (χ2v) is 2.45.